The molecule has 2 atom stereocenters. The molecule has 1 aromatic rings. The minimum absolute atomic E-state index is 0.0710. The smallest absolute Gasteiger partial charge is 0.335 e. The van der Waals surface area contributed by atoms with Gasteiger partial charge in [0.2, 0.25) is 0 Å². The van der Waals surface area contributed by atoms with Crippen molar-refractivity contribution in [1.29, 1.82) is 0 Å². The number of anilines is 1. The second-order valence-electron chi connectivity index (χ2n) is 5.70. The molecule has 1 fully saturated rings. The molecule has 6 heteroatoms. The molecule has 114 valence electrons. The summed E-state index contributed by atoms with van der Waals surface area (Å²) in [5.74, 6) is -0.0355. The molecule has 1 aliphatic carbocycles. The van der Waals surface area contributed by atoms with Gasteiger partial charge in [0.15, 0.2) is 0 Å². The number of hydrogen-bond donors (Lipinski definition) is 2. The van der Waals surface area contributed by atoms with Crippen LogP contribution in [0.4, 0.5) is 11.4 Å². The fourth-order valence-electron chi connectivity index (χ4n) is 2.90. The molecule has 0 aliphatic heterocycles. The molecular weight excluding hydrogens is 272 g/mol. The monoisotopic (exact) mass is 292 g/mol. The molecule has 0 amide bonds. The number of nitrogens with zero attached hydrogens (tertiary/aromatic N) is 1. The van der Waals surface area contributed by atoms with E-state index in [1.54, 1.807) is 0 Å². The molecule has 0 aromatic heterocycles. The lowest BCUT2D eigenvalue weighted by atomic mass is 9.80. The zero-order valence-corrected chi connectivity index (χ0v) is 12.0. The fourth-order valence-corrected chi connectivity index (χ4v) is 2.90. The molecule has 0 saturated heterocycles. The van der Waals surface area contributed by atoms with Crippen LogP contribution in [0.1, 0.15) is 43.0 Å². The van der Waals surface area contributed by atoms with Gasteiger partial charge in [0.05, 0.1) is 10.5 Å². The van der Waals surface area contributed by atoms with Crippen molar-refractivity contribution in [2.75, 3.05) is 11.9 Å². The standard InChI is InChI=1S/C15H20N2O4/c1-10-4-2-3-5-12(10)9-16-13-7-6-11(15(18)19)8-14(13)17(20)21/h6-8,10,12,16H,2-5,9H2,1H3,(H,18,19). The van der Waals surface area contributed by atoms with Gasteiger partial charge in [-0.15, -0.1) is 0 Å². The van der Waals surface area contributed by atoms with E-state index in [4.69, 9.17) is 5.11 Å². The topological polar surface area (TPSA) is 92.5 Å². The highest BCUT2D eigenvalue weighted by Crippen LogP contribution is 2.31. The first kappa shape index (κ1) is 15.3. The van der Waals surface area contributed by atoms with Gasteiger partial charge in [-0.3, -0.25) is 10.1 Å². The molecule has 1 aromatic carbocycles. The van der Waals surface area contributed by atoms with Crippen LogP contribution in [0.15, 0.2) is 18.2 Å². The molecule has 2 N–H and O–H groups in total. The Kier molecular flexibility index (Phi) is 4.77. The van der Waals surface area contributed by atoms with E-state index in [9.17, 15) is 14.9 Å². The Bertz CT molecular complexity index is 544. The summed E-state index contributed by atoms with van der Waals surface area (Å²) in [5, 5.41) is 23.1. The Morgan fingerprint density at radius 2 is 2.14 bits per heavy atom. The number of carboxylic acid groups (broad SMARTS) is 1. The van der Waals surface area contributed by atoms with Crippen molar-refractivity contribution in [1.82, 2.24) is 0 Å². The van der Waals surface area contributed by atoms with E-state index >= 15 is 0 Å². The molecule has 0 radical (unpaired) electrons. The molecule has 2 unspecified atom stereocenters. The van der Waals surface area contributed by atoms with Gasteiger partial charge in [-0.2, -0.15) is 0 Å². The Morgan fingerprint density at radius 1 is 1.43 bits per heavy atom. The maximum Gasteiger partial charge on any atom is 0.335 e. The second kappa shape index (κ2) is 6.56. The third-order valence-corrected chi connectivity index (χ3v) is 4.29. The van der Waals surface area contributed by atoms with Gasteiger partial charge < -0.3 is 10.4 Å². The Labute approximate surface area is 123 Å². The minimum Gasteiger partial charge on any atom is -0.478 e. The SMILES string of the molecule is CC1CCCCC1CNc1ccc(C(=O)O)cc1[N+](=O)[O-]. The first-order valence-corrected chi connectivity index (χ1v) is 7.24. The Hall–Kier alpha value is -2.11. The first-order chi connectivity index (χ1) is 9.99. The summed E-state index contributed by atoms with van der Waals surface area (Å²) < 4.78 is 0. The lowest BCUT2D eigenvalue weighted by Crippen LogP contribution is -2.24. The lowest BCUT2D eigenvalue weighted by Gasteiger charge is -2.29. The van der Waals surface area contributed by atoms with Crippen molar-refractivity contribution in [3.05, 3.63) is 33.9 Å². The molecular formula is C15H20N2O4. The number of aromatic carboxylic acids is 1. The van der Waals surface area contributed by atoms with Crippen LogP contribution in [0.3, 0.4) is 0 Å². The highest BCUT2D eigenvalue weighted by Gasteiger charge is 2.23. The van der Waals surface area contributed by atoms with Crippen LogP contribution in [0, 0.1) is 22.0 Å². The predicted octanol–water partition coefficient (Wildman–Crippen LogP) is 3.53. The summed E-state index contributed by atoms with van der Waals surface area (Å²) in [5.41, 5.74) is 0.138. The number of nitro benzene ring substituents is 1. The molecule has 1 aliphatic rings. The van der Waals surface area contributed by atoms with Gasteiger partial charge >= 0.3 is 5.97 Å². The number of benzene rings is 1. The van der Waals surface area contributed by atoms with Gasteiger partial charge in [0.25, 0.3) is 5.69 Å². The van der Waals surface area contributed by atoms with E-state index in [-0.39, 0.29) is 11.3 Å². The van der Waals surface area contributed by atoms with Crippen molar-refractivity contribution in [2.24, 2.45) is 11.8 Å². The molecule has 2 rings (SSSR count). The van der Waals surface area contributed by atoms with Crippen LogP contribution in [0.5, 0.6) is 0 Å². The summed E-state index contributed by atoms with van der Waals surface area (Å²) in [6.45, 7) is 2.90. The van der Waals surface area contributed by atoms with E-state index in [1.807, 2.05) is 0 Å². The van der Waals surface area contributed by atoms with E-state index in [2.05, 4.69) is 12.2 Å². The third kappa shape index (κ3) is 3.71. The van der Waals surface area contributed by atoms with Crippen LogP contribution >= 0.6 is 0 Å². The van der Waals surface area contributed by atoms with Gasteiger partial charge in [-0.05, 0) is 30.4 Å². The van der Waals surface area contributed by atoms with Crippen molar-refractivity contribution in [3.8, 4) is 0 Å². The fraction of sp³-hybridized carbons (Fsp3) is 0.533. The molecule has 21 heavy (non-hydrogen) atoms. The maximum atomic E-state index is 11.1. The van der Waals surface area contributed by atoms with Crippen LogP contribution in [-0.2, 0) is 0 Å². The van der Waals surface area contributed by atoms with Crippen LogP contribution in [-0.4, -0.2) is 22.5 Å². The van der Waals surface area contributed by atoms with Crippen molar-refractivity contribution < 1.29 is 14.8 Å². The molecule has 6 nitrogen and oxygen atoms in total. The first-order valence-electron chi connectivity index (χ1n) is 7.24. The average molecular weight is 292 g/mol. The molecule has 0 heterocycles. The minimum atomic E-state index is -1.16. The van der Waals surface area contributed by atoms with Crippen molar-refractivity contribution in [3.63, 3.8) is 0 Å². The quantitative estimate of drug-likeness (QED) is 0.639. The van der Waals surface area contributed by atoms with E-state index < -0.39 is 10.9 Å². The van der Waals surface area contributed by atoms with Crippen molar-refractivity contribution in [2.45, 2.75) is 32.6 Å². The number of nitrogens with one attached hydrogen (secondary N) is 1. The van der Waals surface area contributed by atoms with Gasteiger partial charge in [0.1, 0.15) is 5.69 Å². The van der Waals surface area contributed by atoms with Gasteiger partial charge in [-0.25, -0.2) is 4.79 Å². The third-order valence-electron chi connectivity index (χ3n) is 4.29. The zero-order valence-electron chi connectivity index (χ0n) is 12.0. The highest BCUT2D eigenvalue weighted by molar-refractivity contribution is 5.89. The summed E-state index contributed by atoms with van der Waals surface area (Å²) >= 11 is 0. The summed E-state index contributed by atoms with van der Waals surface area (Å²) in [6.07, 6.45) is 4.80. The summed E-state index contributed by atoms with van der Waals surface area (Å²) in [6, 6.07) is 3.98. The molecule has 0 spiro atoms. The number of nitro groups is 1. The lowest BCUT2D eigenvalue weighted by molar-refractivity contribution is -0.384. The molecule has 1 saturated carbocycles. The van der Waals surface area contributed by atoms with E-state index in [0.717, 1.165) is 12.5 Å². The van der Waals surface area contributed by atoms with Crippen molar-refractivity contribution >= 4 is 17.3 Å². The number of carboxylic acids is 1. The largest absolute Gasteiger partial charge is 0.478 e. The summed E-state index contributed by atoms with van der Waals surface area (Å²) in [4.78, 5) is 21.4. The summed E-state index contributed by atoms with van der Waals surface area (Å²) in [7, 11) is 0. The number of hydrogen-bond acceptors (Lipinski definition) is 4. The second-order valence-corrected chi connectivity index (χ2v) is 5.70. The van der Waals surface area contributed by atoms with E-state index in [1.165, 1.54) is 31.4 Å². The maximum absolute atomic E-state index is 11.1. The normalized spacial score (nSPS) is 21.8. The van der Waals surface area contributed by atoms with Gasteiger partial charge in [-0.1, -0.05) is 26.2 Å². The molecule has 0 bridgehead atoms. The highest BCUT2D eigenvalue weighted by atomic mass is 16.6. The van der Waals surface area contributed by atoms with E-state index in [0.29, 0.717) is 24.1 Å². The Balaban J connectivity index is 2.11. The van der Waals surface area contributed by atoms with Gasteiger partial charge in [0, 0.05) is 12.6 Å². The Morgan fingerprint density at radius 3 is 2.76 bits per heavy atom. The number of carbonyl (C=O) groups is 1. The van der Waals surface area contributed by atoms with Crippen LogP contribution in [0.2, 0.25) is 0 Å². The number of rotatable bonds is 5. The average Bonchev–Trinajstić information content (AvgIpc) is 2.46. The van der Waals surface area contributed by atoms with Crippen LogP contribution in [0.25, 0.3) is 0 Å². The zero-order chi connectivity index (χ0) is 15.4. The predicted molar refractivity (Wildman–Crippen MR) is 79.7 cm³/mol. The van der Waals surface area contributed by atoms with Crippen LogP contribution < -0.4 is 5.32 Å².